The number of nitro benzene ring substituents is 2. The summed E-state index contributed by atoms with van der Waals surface area (Å²) in [5.74, 6) is 2.75. The van der Waals surface area contributed by atoms with Crippen LogP contribution >= 0.6 is 15.9 Å². The van der Waals surface area contributed by atoms with E-state index in [-0.39, 0.29) is 17.4 Å². The zero-order valence-corrected chi connectivity index (χ0v) is 47.1. The molecule has 0 unspecified atom stereocenters. The molecule has 0 spiro atoms. The molecule has 2 aliphatic heterocycles. The molecule has 4 N–H and O–H groups in total. The fourth-order valence-electron chi connectivity index (χ4n) is 8.56. The zero-order chi connectivity index (χ0) is 58.5. The Morgan fingerprint density at radius 1 is 0.593 bits per heavy atom. The van der Waals surface area contributed by atoms with E-state index in [0.717, 1.165) is 44.8 Å². The third-order valence-electron chi connectivity index (χ3n) is 12.6. The minimum atomic E-state index is -3.62. The summed E-state index contributed by atoms with van der Waals surface area (Å²) in [5.41, 5.74) is 13.3. The number of likely N-dealkylation sites (tertiary alicyclic amines) is 1. The van der Waals surface area contributed by atoms with Gasteiger partial charge in [0.05, 0.1) is 48.4 Å². The maximum atomic E-state index is 13.2. The fourth-order valence-corrected chi connectivity index (χ4v) is 10.9. The van der Waals surface area contributed by atoms with E-state index >= 15 is 0 Å². The van der Waals surface area contributed by atoms with Crippen molar-refractivity contribution in [2.24, 2.45) is 0 Å². The lowest BCUT2D eigenvalue weighted by molar-refractivity contribution is -0.385. The van der Waals surface area contributed by atoms with Crippen LogP contribution in [0.5, 0.6) is 23.0 Å². The van der Waals surface area contributed by atoms with Gasteiger partial charge in [-0.15, -0.1) is 0 Å². The van der Waals surface area contributed by atoms with E-state index in [9.17, 15) is 28.6 Å². The van der Waals surface area contributed by atoms with Gasteiger partial charge in [0.2, 0.25) is 0 Å². The van der Waals surface area contributed by atoms with Crippen LogP contribution in [0.1, 0.15) is 6.42 Å². The van der Waals surface area contributed by atoms with E-state index in [2.05, 4.69) is 22.1 Å². The van der Waals surface area contributed by atoms with E-state index in [1.54, 1.807) is 68.7 Å². The van der Waals surface area contributed by atoms with E-state index in [1.807, 2.05) is 127 Å². The maximum absolute atomic E-state index is 13.2. The highest BCUT2D eigenvalue weighted by molar-refractivity contribution is 9.10. The molecular weight excluding hydrogens is 1120 g/mol. The summed E-state index contributed by atoms with van der Waals surface area (Å²) in [5, 5.41) is 47.3. The molecule has 0 saturated carbocycles. The standard InChI is InChI=1S/C20H22N4O3S.C13H11NO3.C13H13NO.C7H6BrNO3.C6H7BO2/c1-27-20-8-7-17(13-19(20)16-5-3-2-4-6-16)23-11-12-24(28(23,25)26)18-9-10-22(14-18)15-21;1-17-13-8-7-11(14(15)16)9-12(13)10-5-3-2-4-6-10;1-15-13-8-7-11(14)9-12(13)10-5-3-2-4-6-10;1-12-7-3-2-5(9(10)11)4-6(7)8;8-7(9)6-4-2-1-3-5-6/h2-8,13,18H,9-12,14H2,1H3;2-9H,1H3;2-9H,14H2,1H3;2-4H,1H3;1-5,8-9H/t18-;;;;/m1..../s1. The van der Waals surface area contributed by atoms with Gasteiger partial charge in [-0.05, 0) is 93.0 Å². The van der Waals surface area contributed by atoms with Crippen LogP contribution in [-0.4, -0.2) is 105 Å². The Balaban J connectivity index is 0.000000173. The highest BCUT2D eigenvalue weighted by atomic mass is 79.9. The molecule has 0 bridgehead atoms. The molecule has 2 saturated heterocycles. The molecule has 81 heavy (non-hydrogen) atoms. The Hall–Kier alpha value is -8.98. The molecule has 2 aliphatic rings. The van der Waals surface area contributed by atoms with Crippen molar-refractivity contribution in [1.29, 1.82) is 5.26 Å². The van der Waals surface area contributed by atoms with Crippen molar-refractivity contribution in [2.75, 3.05) is 64.7 Å². The molecule has 0 amide bonds. The third kappa shape index (κ3) is 16.5. The van der Waals surface area contributed by atoms with Gasteiger partial charge in [0.1, 0.15) is 23.0 Å². The summed E-state index contributed by atoms with van der Waals surface area (Å²) in [6, 6.07) is 57.8. The third-order valence-corrected chi connectivity index (χ3v) is 15.2. The summed E-state index contributed by atoms with van der Waals surface area (Å²) in [7, 11) is 1.36. The van der Waals surface area contributed by atoms with Crippen LogP contribution in [0.2, 0.25) is 0 Å². The Kier molecular flexibility index (Phi) is 22.6. The molecular formula is C59H59BBrN7O12S. The average molecular weight is 1180 g/mol. The molecule has 22 heteroatoms. The van der Waals surface area contributed by atoms with Gasteiger partial charge >= 0.3 is 17.3 Å². The Bertz CT molecular complexity index is 3500. The van der Waals surface area contributed by atoms with Crippen LogP contribution in [0.3, 0.4) is 0 Å². The summed E-state index contributed by atoms with van der Waals surface area (Å²) in [4.78, 5) is 21.8. The quantitative estimate of drug-likeness (QED) is 0.0338. The summed E-state index contributed by atoms with van der Waals surface area (Å²) in [6.45, 7) is 1.89. The van der Waals surface area contributed by atoms with E-state index < -0.39 is 27.2 Å². The number of rotatable bonds is 12. The van der Waals surface area contributed by atoms with E-state index in [4.69, 9.17) is 40.0 Å². The molecule has 2 fully saturated rings. The highest BCUT2D eigenvalue weighted by Crippen LogP contribution is 2.38. The van der Waals surface area contributed by atoms with Gasteiger partial charge in [0.15, 0.2) is 6.19 Å². The molecule has 8 aromatic rings. The topological polar surface area (TPSA) is 257 Å². The van der Waals surface area contributed by atoms with Gasteiger partial charge in [-0.2, -0.15) is 18.0 Å². The number of nitriles is 1. The molecule has 19 nitrogen and oxygen atoms in total. The van der Waals surface area contributed by atoms with Gasteiger partial charge in [-0.3, -0.25) is 24.5 Å². The first-order valence-corrected chi connectivity index (χ1v) is 27.2. The SMILES string of the molecule is COc1ccc(N)cc1-c1ccccc1.COc1ccc(N2CCN([C@@H]3CCN(C#N)C3)S2(=O)=O)cc1-c1ccccc1.COc1ccc([N+](=O)[O-])cc1-c1ccccc1.COc1ccc([N+](=O)[O-])cc1Br.OB(O)c1ccccc1. The van der Waals surface area contributed by atoms with Crippen molar-refractivity contribution in [3.8, 4) is 62.6 Å². The summed E-state index contributed by atoms with van der Waals surface area (Å²) >= 11 is 3.15. The Morgan fingerprint density at radius 3 is 1.46 bits per heavy atom. The first-order chi connectivity index (χ1) is 39.0. The van der Waals surface area contributed by atoms with Gasteiger partial charge in [0, 0.05) is 78.9 Å². The smallest absolute Gasteiger partial charge is 0.488 e. The highest BCUT2D eigenvalue weighted by Gasteiger charge is 2.43. The van der Waals surface area contributed by atoms with Gasteiger partial charge in [0.25, 0.3) is 11.4 Å². The first kappa shape index (κ1) is 61.2. The number of nitro groups is 2. The minimum Gasteiger partial charge on any atom is -0.496 e. The molecule has 0 aliphatic carbocycles. The van der Waals surface area contributed by atoms with E-state index in [1.165, 1.54) is 40.0 Å². The van der Waals surface area contributed by atoms with Crippen molar-refractivity contribution < 1.29 is 47.3 Å². The molecule has 0 aromatic heterocycles. The molecule has 0 radical (unpaired) electrons. The Morgan fingerprint density at radius 2 is 1.02 bits per heavy atom. The number of nitrogens with two attached hydrogens (primary N) is 1. The number of hydrogen-bond donors (Lipinski definition) is 3. The molecule has 8 aromatic carbocycles. The van der Waals surface area contributed by atoms with Crippen LogP contribution < -0.4 is 34.4 Å². The summed E-state index contributed by atoms with van der Waals surface area (Å²) < 4.78 is 50.9. The van der Waals surface area contributed by atoms with Crippen LogP contribution in [0.15, 0.2) is 199 Å². The number of halogens is 1. The lowest BCUT2D eigenvalue weighted by Crippen LogP contribution is -2.41. The first-order valence-electron chi connectivity index (χ1n) is 25.0. The van der Waals surface area contributed by atoms with Crippen molar-refractivity contribution in [1.82, 2.24) is 9.21 Å². The number of hydrogen-bond acceptors (Lipinski definition) is 15. The van der Waals surface area contributed by atoms with Gasteiger partial charge in [-0.1, -0.05) is 121 Å². The lowest BCUT2D eigenvalue weighted by Gasteiger charge is -2.24. The average Bonchev–Trinajstić information content (AvgIpc) is 4.14. The molecule has 10 rings (SSSR count). The number of nitrogen functional groups attached to an aromatic ring is 1. The minimum absolute atomic E-state index is 0.0441. The second-order valence-corrected chi connectivity index (χ2v) is 20.3. The second kappa shape index (κ2) is 29.8. The largest absolute Gasteiger partial charge is 0.496 e. The van der Waals surface area contributed by atoms with Crippen molar-refractivity contribution in [3.05, 3.63) is 219 Å². The van der Waals surface area contributed by atoms with Crippen LogP contribution in [0.4, 0.5) is 22.7 Å². The lowest BCUT2D eigenvalue weighted by atomic mass is 9.81. The second-order valence-electron chi connectivity index (χ2n) is 17.6. The maximum Gasteiger partial charge on any atom is 0.488 e. The van der Waals surface area contributed by atoms with Gasteiger partial charge < -0.3 is 39.6 Å². The normalized spacial score (nSPS) is 13.8. The van der Waals surface area contributed by atoms with Crippen molar-refractivity contribution in [3.63, 3.8) is 0 Å². The fraction of sp³-hybridized carbons (Fsp3) is 0.169. The number of non-ortho nitro benzene ring substituents is 2. The summed E-state index contributed by atoms with van der Waals surface area (Å²) in [6.07, 6.45) is 2.79. The van der Waals surface area contributed by atoms with Crippen molar-refractivity contribution in [2.45, 2.75) is 12.5 Å². The van der Waals surface area contributed by atoms with Crippen molar-refractivity contribution >= 4 is 61.5 Å². The van der Waals surface area contributed by atoms with Crippen LogP contribution in [0.25, 0.3) is 33.4 Å². The van der Waals surface area contributed by atoms with Gasteiger partial charge in [-0.25, -0.2) is 0 Å². The zero-order valence-electron chi connectivity index (χ0n) is 44.7. The Labute approximate surface area is 479 Å². The number of nitrogens with zero attached hydrogens (tertiary/aromatic N) is 6. The predicted molar refractivity (Wildman–Crippen MR) is 319 cm³/mol. The molecule has 2 heterocycles. The number of benzene rings is 8. The molecule has 418 valence electrons. The van der Waals surface area contributed by atoms with Crippen LogP contribution in [-0.2, 0) is 10.2 Å². The number of methoxy groups -OCH3 is 4. The van der Waals surface area contributed by atoms with Crippen LogP contribution in [0, 0.1) is 31.7 Å². The number of anilines is 2. The monoisotopic (exact) mass is 1180 g/mol. The number of ether oxygens (including phenoxy) is 4. The molecule has 1 atom stereocenters. The predicted octanol–water partition coefficient (Wildman–Crippen LogP) is 10.2. The van der Waals surface area contributed by atoms with E-state index in [0.29, 0.717) is 65.5 Å².